The number of hydrogen-bond donors (Lipinski definition) is 6. The van der Waals surface area contributed by atoms with Crippen LogP contribution in [-0.4, -0.2) is 72.4 Å². The van der Waals surface area contributed by atoms with E-state index in [1.807, 2.05) is 18.2 Å². The summed E-state index contributed by atoms with van der Waals surface area (Å²) in [5.41, 5.74) is 3.55. The van der Waals surface area contributed by atoms with E-state index in [1.165, 1.54) is 4.68 Å². The highest BCUT2D eigenvalue weighted by Gasteiger charge is 2.43. The molecule has 0 saturated carbocycles. The van der Waals surface area contributed by atoms with E-state index in [4.69, 9.17) is 17.0 Å². The molecule has 1 aromatic heterocycles. The molecule has 32 heavy (non-hydrogen) atoms. The Labute approximate surface area is 187 Å². The molecule has 1 aliphatic rings. The van der Waals surface area contributed by atoms with Crippen molar-refractivity contribution >= 4 is 28.2 Å². The third kappa shape index (κ3) is 4.21. The van der Waals surface area contributed by atoms with Crippen LogP contribution >= 0.6 is 12.2 Å². The Morgan fingerprint density at radius 3 is 2.44 bits per heavy atom. The first-order valence-electron chi connectivity index (χ1n) is 9.86. The smallest absolute Gasteiger partial charge is 0.280 e. The molecule has 1 fully saturated rings. The third-order valence-electron chi connectivity index (χ3n) is 5.19. The van der Waals surface area contributed by atoms with Crippen LogP contribution in [0.4, 0.5) is 0 Å². The Hall–Kier alpha value is -2.93. The van der Waals surface area contributed by atoms with Crippen molar-refractivity contribution in [2.24, 2.45) is 0 Å². The zero-order chi connectivity index (χ0) is 22.8. The fourth-order valence-corrected chi connectivity index (χ4v) is 3.71. The molecule has 0 amide bonds. The summed E-state index contributed by atoms with van der Waals surface area (Å²) in [5, 5.41) is 42.4. The SMILES string of the molecule is O=c1c2ccccc2nc(-c2ccccc2)n1NC(=S)N[C@@H]1O[C@H](CO)[C@@H](O)[C@H](O)[C@H]1O. The van der Waals surface area contributed by atoms with E-state index in [1.54, 1.807) is 36.4 Å². The maximum absolute atomic E-state index is 13.2. The molecule has 0 radical (unpaired) electrons. The summed E-state index contributed by atoms with van der Waals surface area (Å²) in [6, 6.07) is 15.9. The Morgan fingerprint density at radius 1 is 1.03 bits per heavy atom. The first-order chi connectivity index (χ1) is 15.4. The number of aliphatic hydroxyl groups excluding tert-OH is 4. The van der Waals surface area contributed by atoms with Crippen LogP contribution < -0.4 is 16.3 Å². The lowest BCUT2D eigenvalue weighted by Crippen LogP contribution is -2.63. The Kier molecular flexibility index (Phi) is 6.46. The van der Waals surface area contributed by atoms with E-state index in [2.05, 4.69) is 15.7 Å². The second kappa shape index (κ2) is 9.28. The van der Waals surface area contributed by atoms with Crippen molar-refractivity contribution in [3.63, 3.8) is 0 Å². The minimum absolute atomic E-state index is 0.106. The van der Waals surface area contributed by atoms with Crippen molar-refractivity contribution in [1.82, 2.24) is 15.0 Å². The number of hydrogen-bond acceptors (Lipinski definition) is 8. The van der Waals surface area contributed by atoms with Crippen LogP contribution in [0.2, 0.25) is 0 Å². The van der Waals surface area contributed by atoms with Crippen LogP contribution in [0, 0.1) is 0 Å². The molecular weight excluding hydrogens is 436 g/mol. The topological polar surface area (TPSA) is 149 Å². The average molecular weight is 458 g/mol. The Balaban J connectivity index is 1.66. The summed E-state index contributed by atoms with van der Waals surface area (Å²) in [7, 11) is 0. The van der Waals surface area contributed by atoms with Gasteiger partial charge in [0, 0.05) is 5.56 Å². The maximum atomic E-state index is 13.2. The number of aliphatic hydroxyl groups is 4. The number of ether oxygens (including phenoxy) is 1. The van der Waals surface area contributed by atoms with Crippen molar-refractivity contribution in [1.29, 1.82) is 0 Å². The number of rotatable bonds is 4. The summed E-state index contributed by atoms with van der Waals surface area (Å²) in [5.74, 6) is 0.312. The highest BCUT2D eigenvalue weighted by atomic mass is 32.1. The lowest BCUT2D eigenvalue weighted by molar-refractivity contribution is -0.232. The molecule has 6 N–H and O–H groups in total. The van der Waals surface area contributed by atoms with Crippen LogP contribution in [0.1, 0.15) is 0 Å². The Morgan fingerprint density at radius 2 is 1.72 bits per heavy atom. The standard InChI is InChI=1S/C21H22N4O6S/c26-10-14-15(27)16(28)17(29)19(31-14)23-21(32)24-25-18(11-6-2-1-3-7-11)22-13-9-5-4-8-12(13)20(25)30/h1-9,14-17,19,26-29H,10H2,(H2,23,24,32)/t14-,15-,16+,17-,19-/m1/s1. The van der Waals surface area contributed by atoms with Crippen molar-refractivity contribution < 1.29 is 25.2 Å². The van der Waals surface area contributed by atoms with E-state index >= 15 is 0 Å². The normalized spacial score (nSPS) is 25.4. The molecule has 168 valence electrons. The minimum Gasteiger partial charge on any atom is -0.394 e. The predicted octanol–water partition coefficient (Wildman–Crippen LogP) is -0.719. The number of benzene rings is 2. The molecule has 4 rings (SSSR count). The summed E-state index contributed by atoms with van der Waals surface area (Å²) < 4.78 is 6.58. The molecule has 2 heterocycles. The van der Waals surface area contributed by atoms with Crippen LogP contribution in [0.3, 0.4) is 0 Å². The molecule has 2 aromatic carbocycles. The highest BCUT2D eigenvalue weighted by Crippen LogP contribution is 2.20. The van der Waals surface area contributed by atoms with Gasteiger partial charge in [0.25, 0.3) is 5.56 Å². The lowest BCUT2D eigenvalue weighted by Gasteiger charge is -2.40. The number of nitrogens with one attached hydrogen (secondary N) is 2. The average Bonchev–Trinajstić information content (AvgIpc) is 2.81. The van der Waals surface area contributed by atoms with Gasteiger partial charge in [-0.25, -0.2) is 4.98 Å². The van der Waals surface area contributed by atoms with Crippen LogP contribution in [0.25, 0.3) is 22.3 Å². The van der Waals surface area contributed by atoms with Gasteiger partial charge in [0.1, 0.15) is 24.4 Å². The zero-order valence-corrected chi connectivity index (χ0v) is 17.5. The first kappa shape index (κ1) is 22.3. The van der Waals surface area contributed by atoms with Crippen LogP contribution in [0.5, 0.6) is 0 Å². The summed E-state index contributed by atoms with van der Waals surface area (Å²) in [6.07, 6.45) is -6.93. The second-order valence-electron chi connectivity index (χ2n) is 7.29. The number of nitrogens with zero attached hydrogens (tertiary/aromatic N) is 2. The first-order valence-corrected chi connectivity index (χ1v) is 10.3. The number of fused-ring (bicyclic) bond motifs is 1. The number of aromatic nitrogens is 2. The second-order valence-corrected chi connectivity index (χ2v) is 7.70. The van der Waals surface area contributed by atoms with E-state index in [-0.39, 0.29) is 5.11 Å². The van der Waals surface area contributed by atoms with Gasteiger partial charge < -0.3 is 30.5 Å². The quantitative estimate of drug-likeness (QED) is 0.277. The van der Waals surface area contributed by atoms with Gasteiger partial charge in [0.05, 0.1) is 17.5 Å². The van der Waals surface area contributed by atoms with Gasteiger partial charge in [-0.1, -0.05) is 42.5 Å². The molecule has 0 aliphatic carbocycles. The lowest BCUT2D eigenvalue weighted by atomic mass is 9.98. The fourth-order valence-electron chi connectivity index (χ4n) is 3.50. The number of thiocarbonyl (C=S) groups is 1. The largest absolute Gasteiger partial charge is 0.394 e. The van der Waals surface area contributed by atoms with Gasteiger partial charge in [-0.3, -0.25) is 10.2 Å². The molecular formula is C21H22N4O6S. The van der Waals surface area contributed by atoms with Crippen molar-refractivity contribution in [3.8, 4) is 11.4 Å². The van der Waals surface area contributed by atoms with E-state index in [0.29, 0.717) is 22.3 Å². The summed E-state index contributed by atoms with van der Waals surface area (Å²) in [6.45, 7) is -0.574. The molecule has 5 atom stereocenters. The maximum Gasteiger partial charge on any atom is 0.280 e. The molecule has 10 nitrogen and oxygen atoms in total. The van der Waals surface area contributed by atoms with Gasteiger partial charge in [0.15, 0.2) is 17.2 Å². The van der Waals surface area contributed by atoms with Gasteiger partial charge in [-0.2, -0.15) is 4.68 Å². The van der Waals surface area contributed by atoms with Crippen molar-refractivity contribution in [2.75, 3.05) is 12.0 Å². The van der Waals surface area contributed by atoms with Crippen molar-refractivity contribution in [2.45, 2.75) is 30.6 Å². The molecule has 3 aromatic rings. The summed E-state index contributed by atoms with van der Waals surface area (Å²) >= 11 is 5.30. The molecule has 11 heteroatoms. The van der Waals surface area contributed by atoms with Gasteiger partial charge in [-0.05, 0) is 24.4 Å². The number of para-hydroxylation sites is 1. The van der Waals surface area contributed by atoms with Crippen molar-refractivity contribution in [3.05, 3.63) is 65.0 Å². The zero-order valence-electron chi connectivity index (χ0n) is 16.7. The fraction of sp³-hybridized carbons (Fsp3) is 0.286. The Bertz CT molecular complexity index is 1170. The summed E-state index contributed by atoms with van der Waals surface area (Å²) in [4.78, 5) is 17.8. The monoisotopic (exact) mass is 458 g/mol. The van der Waals surface area contributed by atoms with E-state index in [9.17, 15) is 25.2 Å². The minimum atomic E-state index is -1.56. The van der Waals surface area contributed by atoms with Crippen LogP contribution in [-0.2, 0) is 4.74 Å². The highest BCUT2D eigenvalue weighted by molar-refractivity contribution is 7.80. The molecule has 0 bridgehead atoms. The molecule has 0 spiro atoms. The molecule has 1 saturated heterocycles. The predicted molar refractivity (Wildman–Crippen MR) is 120 cm³/mol. The van der Waals surface area contributed by atoms with Gasteiger partial charge in [0.2, 0.25) is 0 Å². The van der Waals surface area contributed by atoms with Gasteiger partial charge >= 0.3 is 0 Å². The third-order valence-corrected chi connectivity index (χ3v) is 5.40. The molecule has 1 aliphatic heterocycles. The molecule has 0 unspecified atom stereocenters. The van der Waals surface area contributed by atoms with E-state index in [0.717, 1.165) is 0 Å². The van der Waals surface area contributed by atoms with Gasteiger partial charge in [-0.15, -0.1) is 0 Å². The van der Waals surface area contributed by atoms with Crippen LogP contribution in [0.15, 0.2) is 59.4 Å². The van der Waals surface area contributed by atoms with E-state index < -0.39 is 42.8 Å².